The van der Waals surface area contributed by atoms with Gasteiger partial charge in [-0.1, -0.05) is 32.9 Å². The SMILES string of the molecule is CC(C)(C)c1ccc(C(=O)NCC(=O)N2C[C@@H](F)[C@@H](F)C2)cc1. The number of nitrogens with zero attached hydrogens (tertiary/aromatic N) is 1. The Labute approximate surface area is 134 Å². The van der Waals surface area contributed by atoms with Crippen molar-refractivity contribution in [3.05, 3.63) is 35.4 Å². The molecule has 0 unspecified atom stereocenters. The van der Waals surface area contributed by atoms with E-state index in [1.165, 1.54) is 0 Å². The first kappa shape index (κ1) is 17.4. The average Bonchev–Trinajstić information content (AvgIpc) is 2.83. The van der Waals surface area contributed by atoms with Gasteiger partial charge in [0.2, 0.25) is 5.91 Å². The van der Waals surface area contributed by atoms with Crippen LogP contribution in [0.1, 0.15) is 36.7 Å². The molecule has 0 spiro atoms. The van der Waals surface area contributed by atoms with E-state index >= 15 is 0 Å². The summed E-state index contributed by atoms with van der Waals surface area (Å²) in [6, 6.07) is 7.15. The summed E-state index contributed by atoms with van der Waals surface area (Å²) in [6.45, 7) is 5.46. The molecular formula is C17H22F2N2O2. The molecule has 1 N–H and O–H groups in total. The number of hydrogen-bond acceptors (Lipinski definition) is 2. The van der Waals surface area contributed by atoms with Crippen molar-refractivity contribution in [2.75, 3.05) is 19.6 Å². The normalized spacial score (nSPS) is 21.3. The van der Waals surface area contributed by atoms with Crippen molar-refractivity contribution in [3.63, 3.8) is 0 Å². The zero-order valence-electron chi connectivity index (χ0n) is 13.6. The van der Waals surface area contributed by atoms with Gasteiger partial charge >= 0.3 is 0 Å². The molecule has 0 aliphatic carbocycles. The molecule has 0 bridgehead atoms. The molecule has 4 nitrogen and oxygen atoms in total. The van der Waals surface area contributed by atoms with Gasteiger partial charge in [0.05, 0.1) is 19.6 Å². The Balaban J connectivity index is 1.89. The summed E-state index contributed by atoms with van der Waals surface area (Å²) in [5.74, 6) is -0.862. The number of carbonyl (C=O) groups is 2. The molecule has 2 rings (SSSR count). The number of halogens is 2. The van der Waals surface area contributed by atoms with E-state index in [0.29, 0.717) is 5.56 Å². The second-order valence-corrected chi connectivity index (χ2v) is 6.84. The van der Waals surface area contributed by atoms with Gasteiger partial charge in [-0.05, 0) is 23.1 Å². The van der Waals surface area contributed by atoms with E-state index in [0.717, 1.165) is 10.5 Å². The monoisotopic (exact) mass is 324 g/mol. The topological polar surface area (TPSA) is 49.4 Å². The van der Waals surface area contributed by atoms with E-state index in [4.69, 9.17) is 0 Å². The molecule has 2 amide bonds. The van der Waals surface area contributed by atoms with E-state index < -0.39 is 18.3 Å². The zero-order chi connectivity index (χ0) is 17.2. The van der Waals surface area contributed by atoms with Crippen molar-refractivity contribution >= 4 is 11.8 Å². The third kappa shape index (κ3) is 4.27. The van der Waals surface area contributed by atoms with Gasteiger partial charge in [-0.3, -0.25) is 9.59 Å². The van der Waals surface area contributed by atoms with Crippen LogP contribution in [0.4, 0.5) is 8.78 Å². The lowest BCUT2D eigenvalue weighted by Gasteiger charge is -2.19. The first-order chi connectivity index (χ1) is 10.7. The summed E-state index contributed by atoms with van der Waals surface area (Å²) in [6.07, 6.45) is -3.28. The molecule has 2 atom stereocenters. The molecule has 1 aliphatic rings. The van der Waals surface area contributed by atoms with Crippen molar-refractivity contribution < 1.29 is 18.4 Å². The van der Waals surface area contributed by atoms with Gasteiger partial charge in [0.25, 0.3) is 5.91 Å². The van der Waals surface area contributed by atoms with Crippen molar-refractivity contribution in [1.29, 1.82) is 0 Å². The molecule has 1 heterocycles. The summed E-state index contributed by atoms with van der Waals surface area (Å²) < 4.78 is 26.1. The van der Waals surface area contributed by atoms with Gasteiger partial charge < -0.3 is 10.2 Å². The number of rotatable bonds is 3. The van der Waals surface area contributed by atoms with Crippen molar-refractivity contribution in [2.45, 2.75) is 38.5 Å². The predicted octanol–water partition coefficient (Wildman–Crippen LogP) is 2.23. The summed E-state index contributed by atoms with van der Waals surface area (Å²) in [4.78, 5) is 25.0. The summed E-state index contributed by atoms with van der Waals surface area (Å²) in [7, 11) is 0. The number of likely N-dealkylation sites (tertiary alicyclic amines) is 1. The number of nitrogens with one attached hydrogen (secondary N) is 1. The van der Waals surface area contributed by atoms with Gasteiger partial charge in [-0.15, -0.1) is 0 Å². The Bertz CT molecular complexity index is 571. The van der Waals surface area contributed by atoms with Crippen LogP contribution in [0.15, 0.2) is 24.3 Å². The molecule has 0 saturated carbocycles. The summed E-state index contributed by atoms with van der Waals surface area (Å²) in [5, 5.41) is 2.49. The molecule has 1 aliphatic heterocycles. The summed E-state index contributed by atoms with van der Waals surface area (Å²) >= 11 is 0. The van der Waals surface area contributed by atoms with Gasteiger partial charge in [0.1, 0.15) is 0 Å². The first-order valence-electron chi connectivity index (χ1n) is 7.63. The van der Waals surface area contributed by atoms with Crippen molar-refractivity contribution in [2.24, 2.45) is 0 Å². The molecule has 0 aromatic heterocycles. The van der Waals surface area contributed by atoms with E-state index in [1.807, 2.05) is 12.1 Å². The van der Waals surface area contributed by atoms with E-state index in [9.17, 15) is 18.4 Å². The zero-order valence-corrected chi connectivity index (χ0v) is 13.6. The highest BCUT2D eigenvalue weighted by atomic mass is 19.2. The van der Waals surface area contributed by atoms with Crippen molar-refractivity contribution in [1.82, 2.24) is 10.2 Å². The molecular weight excluding hydrogens is 302 g/mol. The standard InChI is InChI=1S/C17H22F2N2O2/c1-17(2,3)12-6-4-11(5-7-12)16(23)20-8-15(22)21-9-13(18)14(19)10-21/h4-7,13-14H,8-10H2,1-3H3,(H,20,23)/t13-,14+. The average molecular weight is 324 g/mol. The number of hydrogen-bond donors (Lipinski definition) is 1. The maximum Gasteiger partial charge on any atom is 0.251 e. The minimum Gasteiger partial charge on any atom is -0.343 e. The Morgan fingerprint density at radius 1 is 1.13 bits per heavy atom. The van der Waals surface area contributed by atoms with Crippen LogP contribution in [0.2, 0.25) is 0 Å². The Kier molecular flexibility index (Phi) is 5.02. The molecule has 1 fully saturated rings. The Hall–Kier alpha value is -1.98. The maximum absolute atomic E-state index is 13.1. The molecule has 1 aromatic carbocycles. The third-order valence-corrected chi connectivity index (χ3v) is 3.95. The van der Waals surface area contributed by atoms with Crippen LogP contribution in [-0.2, 0) is 10.2 Å². The van der Waals surface area contributed by atoms with Crippen LogP contribution in [0, 0.1) is 0 Å². The lowest BCUT2D eigenvalue weighted by molar-refractivity contribution is -0.129. The van der Waals surface area contributed by atoms with Crippen LogP contribution in [0.25, 0.3) is 0 Å². The highest BCUT2D eigenvalue weighted by Gasteiger charge is 2.35. The molecule has 1 aromatic rings. The maximum atomic E-state index is 13.1. The second kappa shape index (κ2) is 6.64. The van der Waals surface area contributed by atoms with Gasteiger partial charge in [0.15, 0.2) is 12.3 Å². The lowest BCUT2D eigenvalue weighted by atomic mass is 9.87. The number of benzene rings is 1. The third-order valence-electron chi connectivity index (χ3n) is 3.95. The highest BCUT2D eigenvalue weighted by Crippen LogP contribution is 2.22. The predicted molar refractivity (Wildman–Crippen MR) is 83.8 cm³/mol. The fourth-order valence-corrected chi connectivity index (χ4v) is 2.42. The minimum absolute atomic E-state index is 0.00740. The van der Waals surface area contributed by atoms with Crippen LogP contribution >= 0.6 is 0 Å². The molecule has 1 saturated heterocycles. The minimum atomic E-state index is -1.64. The van der Waals surface area contributed by atoms with E-state index in [-0.39, 0.29) is 31.0 Å². The largest absolute Gasteiger partial charge is 0.343 e. The molecule has 6 heteroatoms. The number of carbonyl (C=O) groups excluding carboxylic acids is 2. The van der Waals surface area contributed by atoms with E-state index in [2.05, 4.69) is 26.1 Å². The Morgan fingerprint density at radius 3 is 2.13 bits per heavy atom. The second-order valence-electron chi connectivity index (χ2n) is 6.84. The molecule has 23 heavy (non-hydrogen) atoms. The fraction of sp³-hybridized carbons (Fsp3) is 0.529. The smallest absolute Gasteiger partial charge is 0.251 e. The lowest BCUT2D eigenvalue weighted by Crippen LogP contribution is -2.39. The van der Waals surface area contributed by atoms with Crippen LogP contribution in [0.5, 0.6) is 0 Å². The van der Waals surface area contributed by atoms with Crippen LogP contribution in [-0.4, -0.2) is 48.7 Å². The van der Waals surface area contributed by atoms with Gasteiger partial charge in [0, 0.05) is 5.56 Å². The first-order valence-corrected chi connectivity index (χ1v) is 7.63. The Morgan fingerprint density at radius 2 is 1.65 bits per heavy atom. The quantitative estimate of drug-likeness (QED) is 0.927. The highest BCUT2D eigenvalue weighted by molar-refractivity contribution is 5.96. The summed E-state index contributed by atoms with van der Waals surface area (Å²) in [5.41, 5.74) is 1.54. The number of amides is 2. The van der Waals surface area contributed by atoms with Crippen LogP contribution < -0.4 is 5.32 Å². The van der Waals surface area contributed by atoms with Gasteiger partial charge in [-0.25, -0.2) is 8.78 Å². The van der Waals surface area contributed by atoms with Gasteiger partial charge in [-0.2, -0.15) is 0 Å². The fourth-order valence-electron chi connectivity index (χ4n) is 2.42. The molecule has 0 radical (unpaired) electrons. The van der Waals surface area contributed by atoms with E-state index in [1.54, 1.807) is 12.1 Å². The number of alkyl halides is 2. The van der Waals surface area contributed by atoms with Crippen molar-refractivity contribution in [3.8, 4) is 0 Å². The van der Waals surface area contributed by atoms with Crippen LogP contribution in [0.3, 0.4) is 0 Å². The molecule has 126 valence electrons.